The van der Waals surface area contributed by atoms with Gasteiger partial charge in [-0.25, -0.2) is 0 Å². The van der Waals surface area contributed by atoms with Crippen LogP contribution < -0.4 is 0 Å². The first-order valence-corrected chi connectivity index (χ1v) is 25.2. The van der Waals surface area contributed by atoms with Crippen molar-refractivity contribution in [1.29, 1.82) is 0 Å². The van der Waals surface area contributed by atoms with Crippen LogP contribution in [0.1, 0.15) is 73.8 Å². The molecule has 1 heterocycles. The van der Waals surface area contributed by atoms with Crippen LogP contribution >= 0.6 is 24.8 Å². The van der Waals surface area contributed by atoms with Crippen LogP contribution in [0.25, 0.3) is 34.4 Å². The number of alkyl halides is 6. The second kappa shape index (κ2) is 13.6. The minimum atomic E-state index is -4.38. The summed E-state index contributed by atoms with van der Waals surface area (Å²) in [7, 11) is 0. The Balaban J connectivity index is 0.00000225. The second-order valence-electron chi connectivity index (χ2n) is 12.9. The maximum Gasteiger partial charge on any atom is -0.147 e. The fraction of sp³-hybridized carbons (Fsp3) is 0.282. The molecule has 1 aliphatic heterocycles. The summed E-state index contributed by atoms with van der Waals surface area (Å²) in [6.45, 7) is 4.43. The molecule has 0 bridgehead atoms. The van der Waals surface area contributed by atoms with Crippen molar-refractivity contribution >= 4 is 37.0 Å². The number of benzene rings is 4. The second-order valence-corrected chi connectivity index (χ2v) is 29.5. The molecule has 4 aromatic rings. The third-order valence-electron chi connectivity index (χ3n) is 10.6. The number of hydrogen-bond donors (Lipinski definition) is 0. The molecule has 48 heavy (non-hydrogen) atoms. The predicted molar refractivity (Wildman–Crippen MR) is 185 cm³/mol. The Bertz CT molecular complexity index is 1730. The Morgan fingerprint density at radius 2 is 0.938 bits per heavy atom. The Kier molecular flexibility index (Phi) is 10.4. The van der Waals surface area contributed by atoms with Gasteiger partial charge in [-0.2, -0.15) is 0 Å². The maximum absolute atomic E-state index is 13.3. The van der Waals surface area contributed by atoms with Gasteiger partial charge in [0.2, 0.25) is 0 Å². The van der Waals surface area contributed by atoms with Crippen LogP contribution in [0.4, 0.5) is 26.3 Å². The third-order valence-corrected chi connectivity index (χ3v) is 33.0. The Hall–Kier alpha value is -2.61. The van der Waals surface area contributed by atoms with Gasteiger partial charge in [0, 0.05) is 0 Å². The largest absolute Gasteiger partial charge is 0.147 e. The van der Waals surface area contributed by atoms with Gasteiger partial charge in [-0.1, -0.05) is 0 Å². The minimum Gasteiger partial charge on any atom is -0.147 e. The molecule has 2 unspecified atom stereocenters. The zero-order valence-electron chi connectivity index (χ0n) is 26.5. The van der Waals surface area contributed by atoms with Gasteiger partial charge < -0.3 is 0 Å². The zero-order chi connectivity index (χ0) is 32.4. The molecule has 9 heteroatoms. The summed E-state index contributed by atoms with van der Waals surface area (Å²) >= 11 is -3.31. The van der Waals surface area contributed by atoms with Crippen LogP contribution in [-0.2, 0) is 32.3 Å². The fourth-order valence-electron chi connectivity index (χ4n) is 8.41. The van der Waals surface area contributed by atoms with Gasteiger partial charge in [0.25, 0.3) is 0 Å². The molecule has 0 aromatic heterocycles. The summed E-state index contributed by atoms with van der Waals surface area (Å²) in [6.07, 6.45) is -1.04. The van der Waals surface area contributed by atoms with E-state index in [1.807, 2.05) is 12.1 Å². The fourth-order valence-corrected chi connectivity index (χ4v) is 31.6. The van der Waals surface area contributed by atoms with Crippen LogP contribution in [-0.4, -0.2) is 0 Å². The van der Waals surface area contributed by atoms with Gasteiger partial charge in [0.05, 0.1) is 0 Å². The molecule has 1 saturated heterocycles. The molecule has 0 amide bonds. The third kappa shape index (κ3) is 6.06. The molecule has 0 radical (unpaired) electrons. The van der Waals surface area contributed by atoms with E-state index >= 15 is 0 Å². The SMILES string of the molecule is CCC1=Cc2c(-c3ccc(C(F)(F)F)cc3)cccc2[CH]1[Hf]1([CH]2C(CC)=Cc3c(-c4ccc(C(F)(F)F)cc4)cccc32)[CH2]C[CH2]1.Cl.Cl. The van der Waals surface area contributed by atoms with E-state index in [1.54, 1.807) is 24.3 Å². The predicted octanol–water partition coefficient (Wildman–Crippen LogP) is 13.7. The standard InChI is InChI=1S/2C18H14F3.C3H6.2ClH.Hf/c2*1-2-12-10-14-4-3-5-16(17(14)11-12)13-6-8-15(9-7-13)18(19,20)21;1-3-2;;;/h2*3-11H,2H2,1H3;1-3H2;2*1H;. The number of fused-ring (bicyclic) bond motifs is 2. The molecular formula is C39H36Cl2F6Hf. The first-order chi connectivity index (χ1) is 22.0. The summed E-state index contributed by atoms with van der Waals surface area (Å²) < 4.78 is 83.2. The first kappa shape index (κ1) is 36.7. The molecule has 4 aromatic carbocycles. The molecule has 252 valence electrons. The van der Waals surface area contributed by atoms with E-state index in [2.05, 4.69) is 50.3 Å². The van der Waals surface area contributed by atoms with Crippen LogP contribution in [0, 0.1) is 0 Å². The van der Waals surface area contributed by atoms with Gasteiger partial charge in [-0.05, 0) is 0 Å². The normalized spacial score (nSPS) is 19.2. The molecule has 2 atom stereocenters. The van der Waals surface area contributed by atoms with Crippen molar-refractivity contribution in [2.75, 3.05) is 0 Å². The van der Waals surface area contributed by atoms with Crippen LogP contribution in [0.5, 0.6) is 0 Å². The van der Waals surface area contributed by atoms with Gasteiger partial charge in [0.15, 0.2) is 0 Å². The molecule has 1 fully saturated rings. The Morgan fingerprint density at radius 1 is 0.562 bits per heavy atom. The average molecular weight is 868 g/mol. The minimum absolute atomic E-state index is 0. The molecule has 2 aliphatic carbocycles. The molecule has 0 spiro atoms. The molecular weight excluding hydrogens is 832 g/mol. The smallest absolute Gasteiger partial charge is 0.147 e. The van der Waals surface area contributed by atoms with Crippen molar-refractivity contribution < 1.29 is 46.3 Å². The quantitative estimate of drug-likeness (QED) is 0.134. The Labute approximate surface area is 294 Å². The molecule has 7 rings (SSSR count). The number of rotatable bonds is 6. The first-order valence-electron chi connectivity index (χ1n) is 16.0. The van der Waals surface area contributed by atoms with E-state index in [-0.39, 0.29) is 24.8 Å². The van der Waals surface area contributed by atoms with Crippen LogP contribution in [0.2, 0.25) is 8.35 Å². The van der Waals surface area contributed by atoms with E-state index < -0.39 is 43.4 Å². The maximum atomic E-state index is 13.3. The van der Waals surface area contributed by atoms with E-state index in [9.17, 15) is 26.3 Å². The summed E-state index contributed by atoms with van der Waals surface area (Å²) in [5.74, 6) is 0. The zero-order valence-corrected chi connectivity index (χ0v) is 31.7. The van der Waals surface area contributed by atoms with Crippen LogP contribution in [0.15, 0.2) is 96.1 Å². The summed E-state index contributed by atoms with van der Waals surface area (Å²) in [6, 6.07) is 23.7. The summed E-state index contributed by atoms with van der Waals surface area (Å²) in [5.41, 5.74) is 10.1. The van der Waals surface area contributed by atoms with Gasteiger partial charge >= 0.3 is 271 Å². The number of allylic oxidation sites excluding steroid dienone is 2. The van der Waals surface area contributed by atoms with Crippen molar-refractivity contribution in [3.05, 3.63) is 129 Å². The van der Waals surface area contributed by atoms with Crippen molar-refractivity contribution in [1.82, 2.24) is 0 Å². The topological polar surface area (TPSA) is 0 Å². The molecule has 3 aliphatic rings. The van der Waals surface area contributed by atoms with E-state index in [0.717, 1.165) is 46.2 Å². The average Bonchev–Trinajstić information content (AvgIpc) is 3.59. The van der Waals surface area contributed by atoms with Crippen LogP contribution in [0.3, 0.4) is 0 Å². The van der Waals surface area contributed by atoms with E-state index in [1.165, 1.54) is 61.3 Å². The van der Waals surface area contributed by atoms with Crippen molar-refractivity contribution in [2.24, 2.45) is 0 Å². The monoisotopic (exact) mass is 868 g/mol. The Morgan fingerprint density at radius 3 is 1.23 bits per heavy atom. The molecule has 0 N–H and O–H groups in total. The van der Waals surface area contributed by atoms with E-state index in [0.29, 0.717) is 7.35 Å². The van der Waals surface area contributed by atoms with Gasteiger partial charge in [-0.3, -0.25) is 0 Å². The summed E-state index contributed by atoms with van der Waals surface area (Å²) in [4.78, 5) is 0. The van der Waals surface area contributed by atoms with Crippen molar-refractivity contribution in [3.8, 4) is 22.3 Å². The number of halogens is 8. The van der Waals surface area contributed by atoms with Gasteiger partial charge in [-0.15, -0.1) is 24.8 Å². The van der Waals surface area contributed by atoms with E-state index in [4.69, 9.17) is 0 Å². The van der Waals surface area contributed by atoms with Crippen molar-refractivity contribution in [2.45, 2.75) is 61.2 Å². The molecule has 0 saturated carbocycles. The summed E-state index contributed by atoms with van der Waals surface area (Å²) in [5, 5.41) is 0. The van der Waals surface area contributed by atoms with Crippen molar-refractivity contribution in [3.63, 3.8) is 0 Å². The molecule has 0 nitrogen and oxygen atoms in total. The number of hydrogen-bond acceptors (Lipinski definition) is 0. The van der Waals surface area contributed by atoms with Gasteiger partial charge in [0.1, 0.15) is 0 Å².